The summed E-state index contributed by atoms with van der Waals surface area (Å²) in [4.78, 5) is 0. The molecule has 4 aromatic carbocycles. The third-order valence-corrected chi connectivity index (χ3v) is 6.38. The quantitative estimate of drug-likeness (QED) is 0.247. The lowest BCUT2D eigenvalue weighted by atomic mass is 9.96. The van der Waals surface area contributed by atoms with Crippen LogP contribution in [0.4, 0.5) is 13.2 Å². The summed E-state index contributed by atoms with van der Waals surface area (Å²) in [5.41, 5.74) is 5.28. The molecule has 0 spiro atoms. The zero-order chi connectivity index (χ0) is 24.4. The van der Waals surface area contributed by atoms with Crippen LogP contribution in [0.5, 0.6) is 0 Å². The summed E-state index contributed by atoms with van der Waals surface area (Å²) in [5, 5.41) is 0. The number of ether oxygens (including phenoxy) is 1. The van der Waals surface area contributed by atoms with Crippen molar-refractivity contribution in [3.8, 4) is 22.3 Å². The molecule has 0 N–H and O–H groups in total. The Labute approximate surface area is 203 Å². The minimum Gasteiger partial charge on any atom is -0.368 e. The van der Waals surface area contributed by atoms with Crippen LogP contribution >= 0.6 is 0 Å². The molecule has 0 aliphatic carbocycles. The third-order valence-electron chi connectivity index (χ3n) is 6.38. The molecule has 4 aromatic rings. The Balaban J connectivity index is 1.29. The molecule has 1 aliphatic rings. The van der Waals surface area contributed by atoms with Gasteiger partial charge in [0.25, 0.3) is 0 Å². The number of rotatable bonds is 7. The van der Waals surface area contributed by atoms with E-state index in [2.05, 4.69) is 0 Å². The van der Waals surface area contributed by atoms with Gasteiger partial charge < -0.3 is 4.74 Å². The first-order valence-corrected chi connectivity index (χ1v) is 11.7. The van der Waals surface area contributed by atoms with Gasteiger partial charge in [-0.1, -0.05) is 84.9 Å². The van der Waals surface area contributed by atoms with E-state index in [4.69, 9.17) is 4.74 Å². The summed E-state index contributed by atoms with van der Waals surface area (Å²) in [6.07, 6.45) is 5.19. The van der Waals surface area contributed by atoms with Gasteiger partial charge in [0.1, 0.15) is 11.9 Å². The molecule has 1 heterocycles. The predicted octanol–water partition coefficient (Wildman–Crippen LogP) is 8.33. The fraction of sp³-hybridized carbons (Fsp3) is 0.161. The molecule has 1 fully saturated rings. The lowest BCUT2D eigenvalue weighted by molar-refractivity contribution is 0.408. The number of halogens is 3. The van der Waals surface area contributed by atoms with Crippen LogP contribution in [0.15, 0.2) is 84.9 Å². The van der Waals surface area contributed by atoms with Crippen molar-refractivity contribution in [3.63, 3.8) is 0 Å². The normalized spacial score (nSPS) is 15.0. The van der Waals surface area contributed by atoms with Gasteiger partial charge in [-0.2, -0.15) is 0 Å². The van der Waals surface area contributed by atoms with Gasteiger partial charge in [-0.25, -0.2) is 13.2 Å². The highest BCUT2D eigenvalue weighted by atomic mass is 19.2. The van der Waals surface area contributed by atoms with Crippen molar-refractivity contribution in [1.82, 2.24) is 0 Å². The van der Waals surface area contributed by atoms with Gasteiger partial charge in [-0.05, 0) is 53.6 Å². The van der Waals surface area contributed by atoms with Crippen LogP contribution in [0.25, 0.3) is 28.3 Å². The van der Waals surface area contributed by atoms with Crippen molar-refractivity contribution in [3.05, 3.63) is 125 Å². The molecule has 35 heavy (non-hydrogen) atoms. The molecule has 4 heteroatoms. The molecular formula is C31H25F3O. The molecule has 0 radical (unpaired) electrons. The van der Waals surface area contributed by atoms with Crippen LogP contribution in [0, 0.1) is 17.5 Å². The highest BCUT2D eigenvalue weighted by Crippen LogP contribution is 2.33. The molecule has 0 amide bonds. The maximum absolute atomic E-state index is 15.0. The van der Waals surface area contributed by atoms with E-state index in [-0.39, 0.29) is 23.0 Å². The zero-order valence-electron chi connectivity index (χ0n) is 19.4. The van der Waals surface area contributed by atoms with Crippen molar-refractivity contribution < 1.29 is 17.9 Å². The Morgan fingerprint density at radius 3 is 1.83 bits per heavy atom. The summed E-state index contributed by atoms with van der Waals surface area (Å²) in [6, 6.07) is 23.3. The first-order chi connectivity index (χ1) is 17.0. The van der Waals surface area contributed by atoms with Crippen LogP contribution in [0.3, 0.4) is 0 Å². The second-order valence-corrected chi connectivity index (χ2v) is 8.79. The van der Waals surface area contributed by atoms with Crippen molar-refractivity contribution >= 4 is 6.08 Å². The lowest BCUT2D eigenvalue weighted by Crippen LogP contribution is -1.96. The average Bonchev–Trinajstić information content (AvgIpc) is 3.71. The number of epoxide rings is 1. The smallest absolute Gasteiger partial charge is 0.167 e. The monoisotopic (exact) mass is 470 g/mol. The number of aryl methyl sites for hydroxylation is 2. The Hall–Kier alpha value is -3.63. The van der Waals surface area contributed by atoms with Crippen LogP contribution < -0.4 is 0 Å². The van der Waals surface area contributed by atoms with Gasteiger partial charge in [0.2, 0.25) is 0 Å². The number of allylic oxidation sites excluding steroid dienone is 1. The number of hydrogen-bond acceptors (Lipinski definition) is 1. The number of hydrogen-bond donors (Lipinski definition) is 0. The van der Waals surface area contributed by atoms with E-state index in [0.717, 1.165) is 23.1 Å². The number of benzene rings is 4. The fourth-order valence-electron chi connectivity index (χ4n) is 4.32. The minimum atomic E-state index is -0.858. The SMILES string of the molecule is C/C=C/c1ccc(-c2ccc(-c3ccc(CCc4ccc(C5CO5)c(F)c4)cc3)c(F)c2F)cc1. The van der Waals surface area contributed by atoms with Crippen molar-refractivity contribution in [2.45, 2.75) is 25.9 Å². The van der Waals surface area contributed by atoms with E-state index in [1.54, 1.807) is 48.5 Å². The molecule has 5 rings (SSSR count). The molecule has 1 aliphatic heterocycles. The van der Waals surface area contributed by atoms with Crippen LogP contribution in [0.1, 0.15) is 35.3 Å². The molecule has 1 nitrogen and oxygen atoms in total. The van der Waals surface area contributed by atoms with Crippen LogP contribution in [-0.4, -0.2) is 6.61 Å². The highest BCUT2D eigenvalue weighted by Gasteiger charge is 2.27. The molecule has 0 bridgehead atoms. The summed E-state index contributed by atoms with van der Waals surface area (Å²) < 4.78 is 49.3. The van der Waals surface area contributed by atoms with Crippen LogP contribution in [0.2, 0.25) is 0 Å². The molecular weight excluding hydrogens is 445 g/mol. The van der Waals surface area contributed by atoms with Crippen molar-refractivity contribution in [1.29, 1.82) is 0 Å². The fourth-order valence-corrected chi connectivity index (χ4v) is 4.32. The average molecular weight is 471 g/mol. The molecule has 1 saturated heterocycles. The first kappa shape index (κ1) is 23.1. The van der Waals surface area contributed by atoms with Crippen LogP contribution in [-0.2, 0) is 17.6 Å². The Morgan fingerprint density at radius 1 is 0.743 bits per heavy atom. The Bertz CT molecular complexity index is 1370. The van der Waals surface area contributed by atoms with Gasteiger partial charge in [0.15, 0.2) is 11.6 Å². The molecule has 1 atom stereocenters. The standard InChI is InChI=1S/C31H25F3O/c1-2-3-20-6-11-23(12-7-20)25-16-17-26(31(34)30(25)33)24-13-8-21(9-14-24)4-5-22-10-15-27(28(32)18-22)29-19-35-29/h2-3,6-18,29H,4-5,19H2,1H3/b3-2+. The summed E-state index contributed by atoms with van der Waals surface area (Å²) in [6.45, 7) is 2.51. The second kappa shape index (κ2) is 9.93. The molecule has 1 unspecified atom stereocenters. The Morgan fingerprint density at radius 2 is 1.29 bits per heavy atom. The van der Waals surface area contributed by atoms with Gasteiger partial charge in [-0.3, -0.25) is 0 Å². The molecule has 176 valence electrons. The topological polar surface area (TPSA) is 12.5 Å². The third kappa shape index (κ3) is 5.08. The van der Waals surface area contributed by atoms with E-state index in [1.807, 2.05) is 49.4 Å². The second-order valence-electron chi connectivity index (χ2n) is 8.79. The molecule has 0 aromatic heterocycles. The van der Waals surface area contributed by atoms with Gasteiger partial charge >= 0.3 is 0 Å². The minimum absolute atomic E-state index is 0.0975. The zero-order valence-corrected chi connectivity index (χ0v) is 19.4. The maximum atomic E-state index is 15.0. The predicted molar refractivity (Wildman–Crippen MR) is 134 cm³/mol. The van der Waals surface area contributed by atoms with E-state index >= 15 is 4.39 Å². The van der Waals surface area contributed by atoms with Gasteiger partial charge in [-0.15, -0.1) is 0 Å². The maximum Gasteiger partial charge on any atom is 0.167 e. The summed E-state index contributed by atoms with van der Waals surface area (Å²) >= 11 is 0. The van der Waals surface area contributed by atoms with E-state index in [1.165, 1.54) is 0 Å². The summed E-state index contributed by atoms with van der Waals surface area (Å²) in [5.74, 6) is -1.94. The van der Waals surface area contributed by atoms with E-state index in [9.17, 15) is 8.78 Å². The first-order valence-electron chi connectivity index (χ1n) is 11.7. The van der Waals surface area contributed by atoms with E-state index < -0.39 is 11.6 Å². The van der Waals surface area contributed by atoms with E-state index in [0.29, 0.717) is 29.7 Å². The van der Waals surface area contributed by atoms with Gasteiger partial charge in [0, 0.05) is 16.7 Å². The summed E-state index contributed by atoms with van der Waals surface area (Å²) in [7, 11) is 0. The highest BCUT2D eigenvalue weighted by molar-refractivity contribution is 5.72. The lowest BCUT2D eigenvalue weighted by Gasteiger charge is -2.10. The molecule has 0 saturated carbocycles. The largest absolute Gasteiger partial charge is 0.368 e. The van der Waals surface area contributed by atoms with Crippen molar-refractivity contribution in [2.75, 3.05) is 6.61 Å². The van der Waals surface area contributed by atoms with Gasteiger partial charge in [0.05, 0.1) is 6.61 Å². The Kier molecular flexibility index (Phi) is 6.56. The van der Waals surface area contributed by atoms with Crippen molar-refractivity contribution in [2.24, 2.45) is 0 Å².